The van der Waals surface area contributed by atoms with E-state index in [0.717, 1.165) is 11.3 Å². The zero-order valence-electron chi connectivity index (χ0n) is 20.3. The van der Waals surface area contributed by atoms with Crippen LogP contribution in [0, 0.1) is 0 Å². The minimum atomic E-state index is -4.01. The van der Waals surface area contributed by atoms with Gasteiger partial charge in [-0.1, -0.05) is 42.5 Å². The molecule has 190 valence electrons. The Balaban J connectivity index is 1.39. The molecule has 0 bridgehead atoms. The number of fused-ring (bicyclic) bond motifs is 1. The van der Waals surface area contributed by atoms with Crippen LogP contribution in [0.5, 0.6) is 0 Å². The number of nitrogens with two attached hydrogens (primary N) is 1. The van der Waals surface area contributed by atoms with Crippen molar-refractivity contribution in [1.82, 2.24) is 14.6 Å². The molecule has 4 aromatic rings. The van der Waals surface area contributed by atoms with E-state index in [4.69, 9.17) is 5.73 Å². The summed E-state index contributed by atoms with van der Waals surface area (Å²) < 4.78 is 29.9. The number of carbonyl (C=O) groups is 1. The number of rotatable bonds is 7. The minimum absolute atomic E-state index is 0.122. The van der Waals surface area contributed by atoms with Crippen molar-refractivity contribution in [3.63, 3.8) is 0 Å². The zero-order valence-corrected chi connectivity index (χ0v) is 21.1. The fourth-order valence-electron chi connectivity index (χ4n) is 4.69. The molecule has 1 amide bonds. The van der Waals surface area contributed by atoms with Crippen LogP contribution in [-0.2, 0) is 21.2 Å². The third kappa shape index (κ3) is 5.58. The van der Waals surface area contributed by atoms with Gasteiger partial charge in [0.05, 0.1) is 4.90 Å². The first-order valence-electron chi connectivity index (χ1n) is 12.2. The van der Waals surface area contributed by atoms with Crippen LogP contribution in [0.2, 0.25) is 0 Å². The van der Waals surface area contributed by atoms with Gasteiger partial charge in [0.15, 0.2) is 0 Å². The number of nitrogens with zero attached hydrogens (tertiary/aromatic N) is 3. The highest BCUT2D eigenvalue weighted by Crippen LogP contribution is 2.23. The lowest BCUT2D eigenvalue weighted by Gasteiger charge is -2.37. The summed E-state index contributed by atoms with van der Waals surface area (Å²) in [6, 6.07) is 23.0. The summed E-state index contributed by atoms with van der Waals surface area (Å²) in [5.74, 6) is -0.241. The molecule has 9 heteroatoms. The second-order valence-electron chi connectivity index (χ2n) is 9.12. The number of hydrogen-bond acceptors (Lipinski definition) is 6. The Bertz CT molecular complexity index is 1480. The number of nitrogens with one attached hydrogen (secondary N) is 1. The van der Waals surface area contributed by atoms with Crippen LogP contribution in [0.3, 0.4) is 0 Å². The second-order valence-corrected chi connectivity index (χ2v) is 10.8. The Kier molecular flexibility index (Phi) is 7.07. The molecule has 37 heavy (non-hydrogen) atoms. The monoisotopic (exact) mass is 515 g/mol. The van der Waals surface area contributed by atoms with Gasteiger partial charge in [-0.2, -0.15) is 4.72 Å². The molecule has 0 saturated carbocycles. The normalized spacial score (nSPS) is 15.0. The van der Waals surface area contributed by atoms with Crippen LogP contribution in [0.1, 0.15) is 5.56 Å². The van der Waals surface area contributed by atoms with Crippen LogP contribution in [0.15, 0.2) is 96.2 Å². The molecular formula is C28H29N5O3S. The van der Waals surface area contributed by atoms with Gasteiger partial charge in [-0.05, 0) is 48.4 Å². The molecule has 1 atom stereocenters. The topological polar surface area (TPSA) is 109 Å². The van der Waals surface area contributed by atoms with Crippen LogP contribution < -0.4 is 15.4 Å². The van der Waals surface area contributed by atoms with Crippen molar-refractivity contribution in [1.29, 1.82) is 0 Å². The van der Waals surface area contributed by atoms with Crippen molar-refractivity contribution in [3.05, 3.63) is 96.8 Å². The van der Waals surface area contributed by atoms with E-state index in [0.29, 0.717) is 42.6 Å². The average Bonchev–Trinajstić information content (AvgIpc) is 2.93. The lowest BCUT2D eigenvalue weighted by molar-refractivity contribution is -0.133. The number of sulfonamides is 1. The standard InChI is InChI=1S/C28H29N5O3S/c29-23-11-9-21(10-12-23)19-26(28(34)33-17-15-32(16-18-33)24-6-2-1-3-7-24)31-37(35,36)27-8-4-5-22-20-30-14-13-25(22)27/h1-14,20,26,31H,15-19,29H2/t26-/m0/s1. The number of hydrogen-bond donors (Lipinski definition) is 2. The Morgan fingerprint density at radius 1 is 0.919 bits per heavy atom. The number of nitrogen functional groups attached to an aromatic ring is 1. The molecular weight excluding hydrogens is 486 g/mol. The summed E-state index contributed by atoms with van der Waals surface area (Å²) in [4.78, 5) is 21.9. The van der Waals surface area contributed by atoms with Gasteiger partial charge in [0, 0.05) is 60.7 Å². The quantitative estimate of drug-likeness (QED) is 0.366. The fraction of sp³-hybridized carbons (Fsp3) is 0.214. The van der Waals surface area contributed by atoms with E-state index in [9.17, 15) is 13.2 Å². The van der Waals surface area contributed by atoms with E-state index in [1.54, 1.807) is 47.6 Å². The number of amides is 1. The largest absolute Gasteiger partial charge is 0.399 e. The van der Waals surface area contributed by atoms with Gasteiger partial charge in [0.1, 0.15) is 6.04 Å². The Labute approximate surface area is 216 Å². The van der Waals surface area contributed by atoms with Gasteiger partial charge in [-0.15, -0.1) is 0 Å². The number of pyridine rings is 1. The molecule has 3 aromatic carbocycles. The van der Waals surface area contributed by atoms with Gasteiger partial charge in [-0.25, -0.2) is 8.42 Å². The summed E-state index contributed by atoms with van der Waals surface area (Å²) in [5, 5.41) is 1.27. The van der Waals surface area contributed by atoms with Crippen molar-refractivity contribution < 1.29 is 13.2 Å². The van der Waals surface area contributed by atoms with Crippen LogP contribution >= 0.6 is 0 Å². The average molecular weight is 516 g/mol. The highest BCUT2D eigenvalue weighted by atomic mass is 32.2. The highest BCUT2D eigenvalue weighted by molar-refractivity contribution is 7.89. The molecule has 0 aliphatic carbocycles. The predicted octanol–water partition coefficient (Wildman–Crippen LogP) is 3.06. The molecule has 2 heterocycles. The Morgan fingerprint density at radius 3 is 2.38 bits per heavy atom. The third-order valence-electron chi connectivity index (χ3n) is 6.66. The van der Waals surface area contributed by atoms with Crippen molar-refractivity contribution in [2.75, 3.05) is 36.8 Å². The number of anilines is 2. The maximum absolute atomic E-state index is 13.7. The molecule has 3 N–H and O–H groups in total. The summed E-state index contributed by atoms with van der Waals surface area (Å²) in [5.41, 5.74) is 8.36. The van der Waals surface area contributed by atoms with E-state index in [2.05, 4.69) is 26.7 Å². The minimum Gasteiger partial charge on any atom is -0.399 e. The molecule has 5 rings (SSSR count). The Hall–Kier alpha value is -3.95. The number of aromatic nitrogens is 1. The van der Waals surface area contributed by atoms with Crippen molar-refractivity contribution >= 4 is 38.1 Å². The summed E-state index contributed by atoms with van der Waals surface area (Å²) in [6.07, 6.45) is 3.39. The van der Waals surface area contributed by atoms with Crippen LogP contribution in [0.4, 0.5) is 11.4 Å². The first kappa shape index (κ1) is 24.7. The second kappa shape index (κ2) is 10.6. The number of benzene rings is 3. The molecule has 8 nitrogen and oxygen atoms in total. The highest BCUT2D eigenvalue weighted by Gasteiger charge is 2.32. The van der Waals surface area contributed by atoms with E-state index >= 15 is 0 Å². The van der Waals surface area contributed by atoms with E-state index in [-0.39, 0.29) is 17.2 Å². The molecule has 0 unspecified atom stereocenters. The molecule has 0 spiro atoms. The van der Waals surface area contributed by atoms with Crippen molar-refractivity contribution in [3.8, 4) is 0 Å². The maximum Gasteiger partial charge on any atom is 0.241 e. The third-order valence-corrected chi connectivity index (χ3v) is 8.19. The molecule has 0 radical (unpaired) electrons. The number of carbonyl (C=O) groups excluding carboxylic acids is 1. The molecule has 1 aliphatic rings. The molecule has 1 aliphatic heterocycles. The molecule has 1 saturated heterocycles. The summed E-state index contributed by atoms with van der Waals surface area (Å²) in [6.45, 7) is 2.36. The first-order valence-corrected chi connectivity index (χ1v) is 13.7. The summed E-state index contributed by atoms with van der Waals surface area (Å²) >= 11 is 0. The van der Waals surface area contributed by atoms with Gasteiger partial charge in [0.2, 0.25) is 15.9 Å². The molecule has 1 fully saturated rings. The van der Waals surface area contributed by atoms with Crippen LogP contribution in [-0.4, -0.2) is 56.4 Å². The van der Waals surface area contributed by atoms with Gasteiger partial charge in [0.25, 0.3) is 0 Å². The SMILES string of the molecule is Nc1ccc(C[C@H](NS(=O)(=O)c2cccc3cnccc23)C(=O)N2CCN(c3ccccc3)CC2)cc1. The lowest BCUT2D eigenvalue weighted by atomic mass is 10.0. The number of piperazine rings is 1. The van der Waals surface area contributed by atoms with E-state index in [1.165, 1.54) is 0 Å². The van der Waals surface area contributed by atoms with Gasteiger partial charge < -0.3 is 15.5 Å². The lowest BCUT2D eigenvalue weighted by Crippen LogP contribution is -2.55. The fourth-order valence-corrected chi connectivity index (χ4v) is 6.11. The van der Waals surface area contributed by atoms with Crippen molar-refractivity contribution in [2.45, 2.75) is 17.4 Å². The van der Waals surface area contributed by atoms with Crippen molar-refractivity contribution in [2.24, 2.45) is 0 Å². The van der Waals surface area contributed by atoms with Gasteiger partial charge >= 0.3 is 0 Å². The zero-order chi connectivity index (χ0) is 25.8. The van der Waals surface area contributed by atoms with E-state index in [1.807, 2.05) is 36.4 Å². The Morgan fingerprint density at radius 2 is 1.65 bits per heavy atom. The van der Waals surface area contributed by atoms with Gasteiger partial charge in [-0.3, -0.25) is 9.78 Å². The maximum atomic E-state index is 13.7. The predicted molar refractivity (Wildman–Crippen MR) is 146 cm³/mol. The smallest absolute Gasteiger partial charge is 0.241 e. The summed E-state index contributed by atoms with van der Waals surface area (Å²) in [7, 11) is -4.01. The van der Waals surface area contributed by atoms with Crippen LogP contribution in [0.25, 0.3) is 10.8 Å². The number of para-hydroxylation sites is 1. The molecule has 1 aromatic heterocycles. The van der Waals surface area contributed by atoms with E-state index < -0.39 is 16.1 Å². The first-order chi connectivity index (χ1) is 17.9.